The van der Waals surface area contributed by atoms with Gasteiger partial charge in [0.1, 0.15) is 23.0 Å². The molecule has 2 aromatic heterocycles. The molecule has 0 atom stereocenters. The van der Waals surface area contributed by atoms with E-state index >= 15 is 0 Å². The zero-order chi connectivity index (χ0) is 30.7. The van der Waals surface area contributed by atoms with E-state index in [2.05, 4.69) is 82.5 Å². The minimum Gasteiger partial charge on any atom is -0.457 e. The molecule has 4 nitrogen and oxygen atoms in total. The molecule has 8 rings (SSSR count). The lowest BCUT2D eigenvalue weighted by atomic mass is 10.0. The van der Waals surface area contributed by atoms with E-state index in [1.165, 1.54) is 0 Å². The van der Waals surface area contributed by atoms with Crippen molar-refractivity contribution >= 4 is 21.8 Å². The molecule has 2 heterocycles. The van der Waals surface area contributed by atoms with Crippen LogP contribution in [-0.4, -0.2) is 9.97 Å². The Labute approximate surface area is 266 Å². The normalized spacial score (nSPS) is 10.9. The van der Waals surface area contributed by atoms with Gasteiger partial charge in [-0.25, -0.2) is 0 Å². The van der Waals surface area contributed by atoms with E-state index in [0.29, 0.717) is 0 Å². The van der Waals surface area contributed by atoms with Crippen molar-refractivity contribution < 1.29 is 9.47 Å². The van der Waals surface area contributed by atoms with Crippen LogP contribution in [0.1, 0.15) is 11.1 Å². The minimum atomic E-state index is 0.780. The molecule has 0 aliphatic heterocycles. The number of rotatable bonds is 6. The van der Waals surface area contributed by atoms with Gasteiger partial charge in [0.25, 0.3) is 0 Å². The second kappa shape index (κ2) is 11.9. The van der Waals surface area contributed by atoms with E-state index in [9.17, 15) is 0 Å². The molecule has 0 saturated carbocycles. The number of aromatic nitrogens is 2. The average Bonchev–Trinajstić information content (AvgIpc) is 3.67. The maximum absolute atomic E-state index is 6.04. The van der Waals surface area contributed by atoms with E-state index in [1.54, 1.807) is 0 Å². The number of hydrogen-bond acceptors (Lipinski definition) is 2. The quantitative estimate of drug-likeness (QED) is 0.189. The van der Waals surface area contributed by atoms with Crippen molar-refractivity contribution in [3.63, 3.8) is 0 Å². The molecule has 0 aliphatic rings. The Morgan fingerprint density at radius 2 is 0.696 bits per heavy atom. The van der Waals surface area contributed by atoms with Crippen LogP contribution in [0.5, 0.6) is 23.0 Å². The Kier molecular flexibility index (Phi) is 7.03. The molecule has 0 aliphatic carbocycles. The van der Waals surface area contributed by atoms with Gasteiger partial charge in [0, 0.05) is 21.8 Å². The average molecular weight is 593 g/mol. The highest BCUT2D eigenvalue weighted by Crippen LogP contribution is 2.34. The molecular formula is C42H28N2O2. The number of para-hydroxylation sites is 4. The fourth-order valence-electron chi connectivity index (χ4n) is 5.73. The van der Waals surface area contributed by atoms with Gasteiger partial charge in [-0.3, -0.25) is 0 Å². The highest BCUT2D eigenvalue weighted by Gasteiger charge is 2.15. The Balaban J connectivity index is 1.18. The Hall–Kier alpha value is -6.44. The summed E-state index contributed by atoms with van der Waals surface area (Å²) in [5.74, 6) is 10.3. The van der Waals surface area contributed by atoms with Gasteiger partial charge in [-0.2, -0.15) is 0 Å². The molecule has 0 bridgehead atoms. The summed E-state index contributed by atoms with van der Waals surface area (Å²) in [5.41, 5.74) is 8.01. The SMILES string of the molecule is C(#Cc1c(-c2ccc(Oc3ccccc3)cc2)[nH]c2ccccc12)c1c(-c2ccc(Oc3ccccc3)cc2)[nH]c2ccccc12. The van der Waals surface area contributed by atoms with E-state index in [0.717, 1.165) is 78.4 Å². The van der Waals surface area contributed by atoms with Crippen molar-refractivity contribution in [2.75, 3.05) is 0 Å². The number of benzene rings is 6. The predicted octanol–water partition coefficient (Wildman–Crippen LogP) is 11.0. The summed E-state index contributed by atoms with van der Waals surface area (Å²) in [6, 6.07) is 52.5. The third-order valence-corrected chi connectivity index (χ3v) is 7.97. The highest BCUT2D eigenvalue weighted by molar-refractivity contribution is 5.97. The van der Waals surface area contributed by atoms with Crippen LogP contribution in [0.2, 0.25) is 0 Å². The minimum absolute atomic E-state index is 0.780. The number of nitrogens with one attached hydrogen (secondary N) is 2. The van der Waals surface area contributed by atoms with Gasteiger partial charge in [-0.1, -0.05) is 84.6 Å². The monoisotopic (exact) mass is 592 g/mol. The summed E-state index contributed by atoms with van der Waals surface area (Å²) in [6.07, 6.45) is 0. The number of ether oxygens (including phenoxy) is 2. The van der Waals surface area contributed by atoms with Gasteiger partial charge < -0.3 is 19.4 Å². The van der Waals surface area contributed by atoms with Crippen molar-refractivity contribution in [3.8, 4) is 57.4 Å². The number of fused-ring (bicyclic) bond motifs is 2. The molecule has 218 valence electrons. The third kappa shape index (κ3) is 5.38. The molecule has 0 unspecified atom stereocenters. The molecule has 6 aromatic carbocycles. The van der Waals surface area contributed by atoms with Gasteiger partial charge in [-0.05, 0) is 96.1 Å². The molecule has 0 saturated heterocycles. The first-order valence-electron chi connectivity index (χ1n) is 15.2. The summed E-state index contributed by atoms with van der Waals surface area (Å²) < 4.78 is 12.1. The predicted molar refractivity (Wildman–Crippen MR) is 186 cm³/mol. The maximum Gasteiger partial charge on any atom is 0.127 e. The van der Waals surface area contributed by atoms with Gasteiger partial charge in [-0.15, -0.1) is 0 Å². The second-order valence-electron chi connectivity index (χ2n) is 11.0. The molecule has 0 amide bonds. The Bertz CT molecular complexity index is 2170. The van der Waals surface area contributed by atoms with Crippen LogP contribution >= 0.6 is 0 Å². The topological polar surface area (TPSA) is 50.0 Å². The van der Waals surface area contributed by atoms with Crippen LogP contribution in [0, 0.1) is 11.8 Å². The van der Waals surface area contributed by atoms with Crippen LogP contribution in [0.15, 0.2) is 158 Å². The van der Waals surface area contributed by atoms with Gasteiger partial charge in [0.05, 0.1) is 22.5 Å². The van der Waals surface area contributed by atoms with Crippen molar-refractivity contribution in [3.05, 3.63) is 169 Å². The second-order valence-corrected chi connectivity index (χ2v) is 11.0. The molecule has 4 heteroatoms. The summed E-state index contributed by atoms with van der Waals surface area (Å²) in [4.78, 5) is 7.25. The van der Waals surface area contributed by atoms with Crippen molar-refractivity contribution in [1.82, 2.24) is 9.97 Å². The zero-order valence-electron chi connectivity index (χ0n) is 24.8. The van der Waals surface area contributed by atoms with Gasteiger partial charge in [0.15, 0.2) is 0 Å². The summed E-state index contributed by atoms with van der Waals surface area (Å²) >= 11 is 0. The van der Waals surface area contributed by atoms with Crippen LogP contribution in [0.3, 0.4) is 0 Å². The maximum atomic E-state index is 6.04. The number of H-pyrrole nitrogens is 2. The summed E-state index contributed by atoms with van der Waals surface area (Å²) in [6.45, 7) is 0. The lowest BCUT2D eigenvalue weighted by molar-refractivity contribution is 0.482. The first-order valence-corrected chi connectivity index (χ1v) is 15.2. The first kappa shape index (κ1) is 27.1. The van der Waals surface area contributed by atoms with Crippen molar-refractivity contribution in [2.24, 2.45) is 0 Å². The van der Waals surface area contributed by atoms with E-state index in [1.807, 2.05) is 97.1 Å². The molecule has 0 spiro atoms. The number of hydrogen-bond donors (Lipinski definition) is 2. The Morgan fingerprint density at radius 3 is 1.11 bits per heavy atom. The number of aromatic amines is 2. The van der Waals surface area contributed by atoms with Crippen LogP contribution in [-0.2, 0) is 0 Å². The smallest absolute Gasteiger partial charge is 0.127 e. The van der Waals surface area contributed by atoms with Crippen LogP contribution in [0.25, 0.3) is 44.3 Å². The van der Waals surface area contributed by atoms with Crippen molar-refractivity contribution in [2.45, 2.75) is 0 Å². The fourth-order valence-corrected chi connectivity index (χ4v) is 5.73. The highest BCUT2D eigenvalue weighted by atomic mass is 16.5. The third-order valence-electron chi connectivity index (χ3n) is 7.97. The van der Waals surface area contributed by atoms with Gasteiger partial charge >= 0.3 is 0 Å². The fraction of sp³-hybridized carbons (Fsp3) is 0. The van der Waals surface area contributed by atoms with Crippen molar-refractivity contribution in [1.29, 1.82) is 0 Å². The standard InChI is InChI=1S/C42H28N2O2/c1-3-11-31(12-4-1)45-33-23-19-29(20-24-33)41-37(35-15-7-9-17-39(35)43-41)27-28-38-36-16-8-10-18-40(36)44-42(38)30-21-25-34(26-22-30)46-32-13-5-2-6-14-32/h1-26,43-44H. The summed E-state index contributed by atoms with van der Waals surface area (Å²) in [5, 5.41) is 2.16. The first-order chi connectivity index (χ1) is 22.8. The summed E-state index contributed by atoms with van der Waals surface area (Å²) in [7, 11) is 0. The van der Waals surface area contributed by atoms with Gasteiger partial charge in [0.2, 0.25) is 0 Å². The molecule has 2 N–H and O–H groups in total. The molecular weight excluding hydrogens is 564 g/mol. The van der Waals surface area contributed by atoms with Crippen LogP contribution < -0.4 is 9.47 Å². The van der Waals surface area contributed by atoms with E-state index < -0.39 is 0 Å². The zero-order valence-corrected chi connectivity index (χ0v) is 24.8. The molecule has 0 radical (unpaired) electrons. The molecule has 8 aromatic rings. The Morgan fingerprint density at radius 1 is 0.348 bits per heavy atom. The lowest BCUT2D eigenvalue weighted by Gasteiger charge is -2.07. The van der Waals surface area contributed by atoms with Crippen LogP contribution in [0.4, 0.5) is 0 Å². The lowest BCUT2D eigenvalue weighted by Crippen LogP contribution is -1.87. The van der Waals surface area contributed by atoms with E-state index in [-0.39, 0.29) is 0 Å². The van der Waals surface area contributed by atoms with E-state index in [4.69, 9.17) is 9.47 Å². The molecule has 46 heavy (non-hydrogen) atoms. The molecule has 0 fully saturated rings. The largest absolute Gasteiger partial charge is 0.457 e.